The quantitative estimate of drug-likeness (QED) is 0.873. The highest BCUT2D eigenvalue weighted by atomic mass is 16.4. The maximum absolute atomic E-state index is 12.0. The van der Waals surface area contributed by atoms with Crippen LogP contribution in [0.15, 0.2) is 24.3 Å². The summed E-state index contributed by atoms with van der Waals surface area (Å²) >= 11 is 0. The van der Waals surface area contributed by atoms with Gasteiger partial charge < -0.3 is 10.4 Å². The second-order valence-electron chi connectivity index (χ2n) is 6.37. The van der Waals surface area contributed by atoms with E-state index in [0.29, 0.717) is 25.2 Å². The Hall–Kier alpha value is -1.84. The predicted molar refractivity (Wildman–Crippen MR) is 80.2 cm³/mol. The predicted octanol–water partition coefficient (Wildman–Crippen LogP) is 3.32. The second kappa shape index (κ2) is 5.51. The third kappa shape index (κ3) is 2.94. The lowest BCUT2D eigenvalue weighted by Crippen LogP contribution is -2.19. The molecule has 0 aliphatic heterocycles. The summed E-state index contributed by atoms with van der Waals surface area (Å²) in [4.78, 5) is 23.2. The van der Waals surface area contributed by atoms with Crippen LogP contribution < -0.4 is 5.32 Å². The Morgan fingerprint density at radius 1 is 1.14 bits per heavy atom. The Morgan fingerprint density at radius 3 is 2.29 bits per heavy atom. The molecule has 4 heteroatoms. The summed E-state index contributed by atoms with van der Waals surface area (Å²) < 4.78 is 0. The van der Waals surface area contributed by atoms with Gasteiger partial charge in [-0.3, -0.25) is 9.59 Å². The fraction of sp³-hybridized carbons (Fsp3) is 0.529. The number of nitrogens with one attached hydrogen (secondary N) is 1. The third-order valence-corrected chi connectivity index (χ3v) is 4.83. The molecule has 1 amide bonds. The molecule has 2 aliphatic rings. The number of amides is 1. The highest BCUT2D eigenvalue weighted by Crippen LogP contribution is 2.48. The number of hydrogen-bond acceptors (Lipinski definition) is 2. The first-order valence-electron chi connectivity index (χ1n) is 7.74. The Bertz CT molecular complexity index is 540. The summed E-state index contributed by atoms with van der Waals surface area (Å²) in [6, 6.07) is 7.27. The van der Waals surface area contributed by atoms with Crippen LogP contribution >= 0.6 is 0 Å². The van der Waals surface area contributed by atoms with E-state index in [1.807, 2.05) is 24.3 Å². The van der Waals surface area contributed by atoms with Crippen LogP contribution in [0.1, 0.15) is 50.5 Å². The Balaban J connectivity index is 1.59. The van der Waals surface area contributed by atoms with Crippen molar-refractivity contribution in [1.82, 2.24) is 0 Å². The molecule has 2 saturated carbocycles. The van der Waals surface area contributed by atoms with Crippen molar-refractivity contribution in [3.05, 3.63) is 29.8 Å². The third-order valence-electron chi connectivity index (χ3n) is 4.83. The van der Waals surface area contributed by atoms with Crippen molar-refractivity contribution >= 4 is 17.6 Å². The van der Waals surface area contributed by atoms with Crippen LogP contribution in [0.5, 0.6) is 0 Å². The minimum Gasteiger partial charge on any atom is -0.481 e. The molecule has 0 saturated heterocycles. The lowest BCUT2D eigenvalue weighted by molar-refractivity contribution is -0.140. The molecule has 4 nitrogen and oxygen atoms in total. The Kier molecular flexibility index (Phi) is 3.70. The van der Waals surface area contributed by atoms with Crippen LogP contribution in [-0.2, 0) is 15.0 Å². The molecule has 2 aliphatic carbocycles. The van der Waals surface area contributed by atoms with E-state index in [2.05, 4.69) is 5.32 Å². The van der Waals surface area contributed by atoms with Gasteiger partial charge in [0.1, 0.15) is 0 Å². The molecule has 0 unspecified atom stereocenters. The van der Waals surface area contributed by atoms with Crippen LogP contribution in [0.3, 0.4) is 0 Å². The molecular formula is C17H21NO3. The largest absolute Gasteiger partial charge is 0.481 e. The zero-order valence-corrected chi connectivity index (χ0v) is 12.1. The number of benzene rings is 1. The summed E-state index contributed by atoms with van der Waals surface area (Å²) in [6.07, 6.45) is 6.81. The minimum atomic E-state index is -0.750. The molecule has 112 valence electrons. The van der Waals surface area contributed by atoms with Crippen molar-refractivity contribution in [1.29, 1.82) is 0 Å². The van der Waals surface area contributed by atoms with Crippen molar-refractivity contribution in [3.63, 3.8) is 0 Å². The molecule has 0 radical (unpaired) electrons. The van der Waals surface area contributed by atoms with Gasteiger partial charge in [-0.05, 0) is 49.3 Å². The van der Waals surface area contributed by atoms with Gasteiger partial charge in [-0.2, -0.15) is 0 Å². The molecule has 0 spiro atoms. The average Bonchev–Trinajstić information content (AvgIpc) is 3.12. The van der Waals surface area contributed by atoms with Crippen molar-refractivity contribution in [2.24, 2.45) is 5.92 Å². The number of carbonyl (C=O) groups is 2. The van der Waals surface area contributed by atoms with E-state index in [1.54, 1.807) is 0 Å². The SMILES string of the molecule is O=C(CC1CCCC1)Nc1ccc(C2(C(=O)O)CC2)cc1. The van der Waals surface area contributed by atoms with Crippen molar-refractivity contribution in [3.8, 4) is 0 Å². The van der Waals surface area contributed by atoms with E-state index in [1.165, 1.54) is 12.8 Å². The van der Waals surface area contributed by atoms with Gasteiger partial charge >= 0.3 is 5.97 Å². The molecule has 1 aromatic carbocycles. The van der Waals surface area contributed by atoms with Gasteiger partial charge in [0, 0.05) is 12.1 Å². The van der Waals surface area contributed by atoms with Gasteiger partial charge in [0.25, 0.3) is 0 Å². The second-order valence-corrected chi connectivity index (χ2v) is 6.37. The minimum absolute atomic E-state index is 0.0639. The number of aliphatic carboxylic acids is 1. The first-order chi connectivity index (χ1) is 10.1. The van der Waals surface area contributed by atoms with Crippen molar-refractivity contribution in [2.75, 3.05) is 5.32 Å². The van der Waals surface area contributed by atoms with Crippen LogP contribution in [0.4, 0.5) is 5.69 Å². The summed E-state index contributed by atoms with van der Waals surface area (Å²) in [5, 5.41) is 12.2. The van der Waals surface area contributed by atoms with Crippen LogP contribution in [-0.4, -0.2) is 17.0 Å². The van der Waals surface area contributed by atoms with Crippen LogP contribution in [0.25, 0.3) is 0 Å². The number of anilines is 1. The number of carboxylic acid groups (broad SMARTS) is 1. The molecule has 0 bridgehead atoms. The van der Waals surface area contributed by atoms with E-state index in [9.17, 15) is 14.7 Å². The van der Waals surface area contributed by atoms with E-state index in [-0.39, 0.29) is 5.91 Å². The molecule has 1 aromatic rings. The highest BCUT2D eigenvalue weighted by Gasteiger charge is 2.51. The molecule has 0 atom stereocenters. The van der Waals surface area contributed by atoms with E-state index < -0.39 is 11.4 Å². The highest BCUT2D eigenvalue weighted by molar-refractivity contribution is 5.91. The number of carboxylic acids is 1. The zero-order chi connectivity index (χ0) is 14.9. The fourth-order valence-corrected chi connectivity index (χ4v) is 3.31. The van der Waals surface area contributed by atoms with Crippen molar-refractivity contribution < 1.29 is 14.7 Å². The smallest absolute Gasteiger partial charge is 0.314 e. The van der Waals surface area contributed by atoms with Gasteiger partial charge in [0.05, 0.1) is 5.41 Å². The van der Waals surface area contributed by atoms with Crippen LogP contribution in [0.2, 0.25) is 0 Å². The van der Waals surface area contributed by atoms with Gasteiger partial charge in [-0.25, -0.2) is 0 Å². The summed E-state index contributed by atoms with van der Waals surface area (Å²) in [5.74, 6) is -0.152. The molecule has 21 heavy (non-hydrogen) atoms. The maximum atomic E-state index is 12.0. The van der Waals surface area contributed by atoms with E-state index >= 15 is 0 Å². The Morgan fingerprint density at radius 2 is 1.76 bits per heavy atom. The maximum Gasteiger partial charge on any atom is 0.314 e. The molecule has 2 N–H and O–H groups in total. The molecular weight excluding hydrogens is 266 g/mol. The standard InChI is InChI=1S/C17H21NO3/c19-15(11-12-3-1-2-4-12)18-14-7-5-13(6-8-14)17(9-10-17)16(20)21/h5-8,12H,1-4,9-11H2,(H,18,19)(H,20,21). The molecule has 0 aromatic heterocycles. The topological polar surface area (TPSA) is 66.4 Å². The summed E-state index contributed by atoms with van der Waals surface area (Å²) in [7, 11) is 0. The first-order valence-corrected chi connectivity index (χ1v) is 7.74. The molecule has 2 fully saturated rings. The van der Waals surface area contributed by atoms with Gasteiger partial charge in [0.15, 0.2) is 0 Å². The normalized spacial score (nSPS) is 20.2. The lowest BCUT2D eigenvalue weighted by Gasteiger charge is -2.12. The number of rotatable bonds is 5. The van der Waals surface area contributed by atoms with E-state index in [0.717, 1.165) is 24.1 Å². The lowest BCUT2D eigenvalue weighted by atomic mass is 9.96. The monoisotopic (exact) mass is 287 g/mol. The number of carbonyl (C=O) groups excluding carboxylic acids is 1. The van der Waals surface area contributed by atoms with Gasteiger partial charge in [-0.1, -0.05) is 25.0 Å². The summed E-state index contributed by atoms with van der Waals surface area (Å²) in [5.41, 5.74) is 0.915. The van der Waals surface area contributed by atoms with Crippen LogP contribution in [0, 0.1) is 5.92 Å². The van der Waals surface area contributed by atoms with Gasteiger partial charge in [-0.15, -0.1) is 0 Å². The number of hydrogen-bond donors (Lipinski definition) is 2. The fourth-order valence-electron chi connectivity index (χ4n) is 3.31. The van der Waals surface area contributed by atoms with Crippen molar-refractivity contribution in [2.45, 2.75) is 50.4 Å². The summed E-state index contributed by atoms with van der Waals surface area (Å²) in [6.45, 7) is 0. The zero-order valence-electron chi connectivity index (χ0n) is 12.1. The Labute approximate surface area is 124 Å². The van der Waals surface area contributed by atoms with E-state index in [4.69, 9.17) is 0 Å². The molecule has 0 heterocycles. The average molecular weight is 287 g/mol. The van der Waals surface area contributed by atoms with Gasteiger partial charge in [0.2, 0.25) is 5.91 Å². The molecule has 3 rings (SSSR count). The first kappa shape index (κ1) is 14.1.